The summed E-state index contributed by atoms with van der Waals surface area (Å²) in [4.78, 5) is 25.4. The highest BCUT2D eigenvalue weighted by Gasteiger charge is 2.56. The first kappa shape index (κ1) is 19.6. The molecule has 0 atom stereocenters. The Labute approximate surface area is 173 Å². The number of carbonyl (C=O) groups is 1. The Kier molecular flexibility index (Phi) is 4.32. The largest absolute Gasteiger partial charge is 0.452 e. The van der Waals surface area contributed by atoms with Crippen molar-refractivity contribution in [2.75, 3.05) is 12.0 Å². The Morgan fingerprint density at radius 2 is 2.03 bits per heavy atom. The number of aromatic nitrogens is 2. The van der Waals surface area contributed by atoms with Gasteiger partial charge in [0.2, 0.25) is 23.1 Å². The molecule has 2 aliphatic rings. The first-order chi connectivity index (χ1) is 13.6. The van der Waals surface area contributed by atoms with Gasteiger partial charge in [0.25, 0.3) is 6.34 Å². The van der Waals surface area contributed by atoms with E-state index in [9.17, 15) is 4.79 Å². The van der Waals surface area contributed by atoms with Gasteiger partial charge in [-0.2, -0.15) is 9.98 Å². The molecule has 0 N–H and O–H groups in total. The van der Waals surface area contributed by atoms with E-state index in [1.54, 1.807) is 23.4 Å². The SMILES string of the molecule is COC(=O)N1c2cc(Cl)ccc2[N+]2C=NC(c3noc(C(C)(C)C)n3)=C2C1(C)C. The number of halogens is 1. The van der Waals surface area contributed by atoms with Gasteiger partial charge in [0.15, 0.2) is 5.70 Å². The van der Waals surface area contributed by atoms with E-state index in [0.29, 0.717) is 28.1 Å². The molecule has 0 unspecified atom stereocenters. The summed E-state index contributed by atoms with van der Waals surface area (Å²) < 4.78 is 10.5. The van der Waals surface area contributed by atoms with Crippen molar-refractivity contribution < 1.29 is 14.1 Å². The predicted octanol–water partition coefficient (Wildman–Crippen LogP) is 4.57. The fourth-order valence-corrected chi connectivity index (χ4v) is 3.77. The van der Waals surface area contributed by atoms with E-state index in [1.165, 1.54) is 7.11 Å². The molecule has 2 aromatic rings. The maximum atomic E-state index is 12.8. The fraction of sp³-hybridized carbons (Fsp3) is 0.400. The molecule has 8 nitrogen and oxygen atoms in total. The number of fused-ring (bicyclic) bond motifs is 3. The van der Waals surface area contributed by atoms with E-state index in [1.807, 2.05) is 45.6 Å². The zero-order valence-corrected chi connectivity index (χ0v) is 17.9. The molecule has 0 fully saturated rings. The van der Waals surface area contributed by atoms with Crippen molar-refractivity contribution in [3.63, 3.8) is 0 Å². The van der Waals surface area contributed by atoms with Crippen molar-refractivity contribution >= 4 is 41.1 Å². The third-order valence-electron chi connectivity index (χ3n) is 4.98. The van der Waals surface area contributed by atoms with Gasteiger partial charge >= 0.3 is 6.09 Å². The molecule has 1 amide bonds. The van der Waals surface area contributed by atoms with Gasteiger partial charge in [-0.25, -0.2) is 4.79 Å². The van der Waals surface area contributed by atoms with Crippen LogP contribution in [0.2, 0.25) is 5.02 Å². The number of methoxy groups -OCH3 is 1. The third kappa shape index (κ3) is 2.94. The molecule has 0 bridgehead atoms. The average molecular weight is 416 g/mol. The van der Waals surface area contributed by atoms with Crippen molar-refractivity contribution in [2.45, 2.75) is 45.6 Å². The highest BCUT2D eigenvalue weighted by atomic mass is 35.5. The lowest BCUT2D eigenvalue weighted by atomic mass is 9.91. The van der Waals surface area contributed by atoms with Gasteiger partial charge in [-0.15, -0.1) is 0 Å². The number of aliphatic imine (C=N–C) groups is 1. The van der Waals surface area contributed by atoms with Crippen LogP contribution in [0.4, 0.5) is 16.2 Å². The van der Waals surface area contributed by atoms with Gasteiger partial charge in [0.05, 0.1) is 7.11 Å². The van der Waals surface area contributed by atoms with Crippen LogP contribution in [0, 0.1) is 0 Å². The quantitative estimate of drug-likeness (QED) is 0.637. The Hall–Kier alpha value is -2.71. The number of ether oxygens (including phenoxy) is 1. The van der Waals surface area contributed by atoms with Gasteiger partial charge in [-0.1, -0.05) is 37.5 Å². The zero-order chi connectivity index (χ0) is 21.1. The molecule has 0 spiro atoms. The topological polar surface area (TPSA) is 86.7 Å². The summed E-state index contributed by atoms with van der Waals surface area (Å²) >= 11 is 6.22. The highest BCUT2D eigenvalue weighted by molar-refractivity contribution is 6.31. The van der Waals surface area contributed by atoms with E-state index in [-0.39, 0.29) is 5.41 Å². The number of hydrogen-bond donors (Lipinski definition) is 0. The monoisotopic (exact) mass is 415 g/mol. The Morgan fingerprint density at radius 3 is 2.66 bits per heavy atom. The summed E-state index contributed by atoms with van der Waals surface area (Å²) in [6.45, 7) is 9.81. The molecule has 3 heterocycles. The van der Waals surface area contributed by atoms with Crippen LogP contribution in [0.25, 0.3) is 5.70 Å². The lowest BCUT2D eigenvalue weighted by molar-refractivity contribution is 0.172. The van der Waals surface area contributed by atoms with E-state index >= 15 is 0 Å². The summed E-state index contributed by atoms with van der Waals surface area (Å²) in [7, 11) is 1.35. The minimum absolute atomic E-state index is 0.290. The number of rotatable bonds is 1. The number of hydrogen-bond acceptors (Lipinski definition) is 7. The normalized spacial score (nSPS) is 18.1. The van der Waals surface area contributed by atoms with Gasteiger partial charge in [0, 0.05) is 16.5 Å². The van der Waals surface area contributed by atoms with Crippen molar-refractivity contribution in [1.82, 2.24) is 15.0 Å². The van der Waals surface area contributed by atoms with E-state index in [2.05, 4.69) is 15.1 Å². The lowest BCUT2D eigenvalue weighted by Crippen LogP contribution is -2.56. The molecule has 9 heteroatoms. The summed E-state index contributed by atoms with van der Waals surface area (Å²) in [5.41, 5.74) is 1.57. The number of carbonyl (C=O) groups excluding carboxylic acids is 1. The van der Waals surface area contributed by atoms with E-state index in [4.69, 9.17) is 20.9 Å². The molecule has 1 radical (unpaired) electrons. The zero-order valence-electron chi connectivity index (χ0n) is 17.1. The Bertz CT molecular complexity index is 1060. The van der Waals surface area contributed by atoms with Crippen molar-refractivity contribution in [1.29, 1.82) is 0 Å². The number of amides is 1. The van der Waals surface area contributed by atoms with Crippen LogP contribution in [0.3, 0.4) is 0 Å². The summed E-state index contributed by atoms with van der Waals surface area (Å²) in [6, 6.07) is 5.35. The second-order valence-corrected chi connectivity index (χ2v) is 8.92. The average Bonchev–Trinajstić information content (AvgIpc) is 3.28. The van der Waals surface area contributed by atoms with Crippen LogP contribution in [0.15, 0.2) is 33.4 Å². The molecule has 2 aliphatic heterocycles. The summed E-state index contributed by atoms with van der Waals surface area (Å²) in [6.07, 6.45) is 1.20. The number of benzene rings is 1. The minimum Gasteiger partial charge on any atom is -0.452 e. The van der Waals surface area contributed by atoms with E-state index < -0.39 is 11.6 Å². The van der Waals surface area contributed by atoms with Crippen LogP contribution in [-0.4, -0.2) is 35.2 Å². The molecular weight excluding hydrogens is 394 g/mol. The molecule has 4 rings (SSSR count). The van der Waals surface area contributed by atoms with Crippen molar-refractivity contribution in [3.8, 4) is 0 Å². The smallest absolute Gasteiger partial charge is 0.415 e. The van der Waals surface area contributed by atoms with Gasteiger partial charge in [0.1, 0.15) is 11.2 Å². The van der Waals surface area contributed by atoms with Crippen LogP contribution in [0.5, 0.6) is 0 Å². The summed E-state index contributed by atoms with van der Waals surface area (Å²) in [5, 5.41) is 4.66. The van der Waals surface area contributed by atoms with Crippen LogP contribution in [0.1, 0.15) is 46.3 Å². The van der Waals surface area contributed by atoms with Gasteiger partial charge in [-0.3, -0.25) is 4.90 Å². The molecule has 1 aromatic carbocycles. The van der Waals surface area contributed by atoms with Crippen LogP contribution in [-0.2, 0) is 10.2 Å². The van der Waals surface area contributed by atoms with Gasteiger partial charge < -0.3 is 9.26 Å². The fourth-order valence-electron chi connectivity index (χ4n) is 3.61. The number of anilines is 2. The third-order valence-corrected chi connectivity index (χ3v) is 5.22. The standard InChI is InChI=1S/C20H22ClN5O3/c1-19(2,3)17-23-16(24-29-17)14-15-20(4,5)26(18(27)28-6)13-9-11(21)7-8-12(13)25(15)10-22-14/h7-10H,1-6H3/q+1. The highest BCUT2D eigenvalue weighted by Crippen LogP contribution is 2.49. The van der Waals surface area contributed by atoms with Crippen LogP contribution >= 0.6 is 11.6 Å². The molecule has 151 valence electrons. The maximum absolute atomic E-state index is 12.8. The Morgan fingerprint density at radius 1 is 1.31 bits per heavy atom. The maximum Gasteiger partial charge on any atom is 0.415 e. The Balaban J connectivity index is 1.94. The molecule has 0 aliphatic carbocycles. The molecule has 0 saturated heterocycles. The molecule has 29 heavy (non-hydrogen) atoms. The second-order valence-electron chi connectivity index (χ2n) is 8.48. The first-order valence-electron chi connectivity index (χ1n) is 9.16. The number of nitrogens with zero attached hydrogens (tertiary/aromatic N) is 5. The summed E-state index contributed by atoms with van der Waals surface area (Å²) in [5.74, 6) is 0.888. The second kappa shape index (κ2) is 6.40. The van der Waals surface area contributed by atoms with Gasteiger partial charge in [-0.05, 0) is 30.9 Å². The predicted molar refractivity (Wildman–Crippen MR) is 111 cm³/mol. The van der Waals surface area contributed by atoms with Crippen molar-refractivity contribution in [2.24, 2.45) is 4.99 Å². The molecule has 0 saturated carbocycles. The minimum atomic E-state index is -0.820. The van der Waals surface area contributed by atoms with Crippen molar-refractivity contribution in [3.05, 3.63) is 40.6 Å². The molecule has 1 aromatic heterocycles. The first-order valence-corrected chi connectivity index (χ1v) is 9.54. The molecular formula is C20H22ClN5O3+. The van der Waals surface area contributed by atoms with Crippen LogP contribution < -0.4 is 9.80 Å². The van der Waals surface area contributed by atoms with E-state index in [0.717, 1.165) is 11.4 Å². The lowest BCUT2D eigenvalue weighted by Gasteiger charge is -2.40.